The van der Waals surface area contributed by atoms with E-state index in [1.54, 1.807) is 24.3 Å². The minimum Gasteiger partial charge on any atom is -0.361 e. The normalized spacial score (nSPS) is 23.5. The molecule has 1 N–H and O–H groups in total. The van der Waals surface area contributed by atoms with Gasteiger partial charge in [0, 0.05) is 29.6 Å². The third-order valence-electron chi connectivity index (χ3n) is 5.86. The number of rotatable bonds is 4. The van der Waals surface area contributed by atoms with Crippen molar-refractivity contribution in [2.75, 3.05) is 13.6 Å². The Bertz CT molecular complexity index is 1120. The first-order chi connectivity index (χ1) is 13.5. The van der Waals surface area contributed by atoms with Gasteiger partial charge in [-0.1, -0.05) is 36.4 Å². The first-order valence-electron chi connectivity index (χ1n) is 9.46. The fourth-order valence-corrected chi connectivity index (χ4v) is 6.38. The topological polar surface area (TPSA) is 77.0 Å². The highest BCUT2D eigenvalue weighted by Gasteiger charge is 2.44. The van der Waals surface area contributed by atoms with E-state index in [9.17, 15) is 13.7 Å². The second-order valence-electron chi connectivity index (χ2n) is 7.47. The maximum absolute atomic E-state index is 13.4. The number of nitriles is 1. The Morgan fingerprint density at radius 3 is 2.61 bits per heavy atom. The molecule has 28 heavy (non-hydrogen) atoms. The van der Waals surface area contributed by atoms with E-state index in [0.717, 1.165) is 16.5 Å². The summed E-state index contributed by atoms with van der Waals surface area (Å²) in [6, 6.07) is 18.5. The second-order valence-corrected chi connectivity index (χ2v) is 9.63. The monoisotopic (exact) mass is 393 g/mol. The molecule has 0 spiro atoms. The minimum absolute atomic E-state index is 0.298. The van der Waals surface area contributed by atoms with Gasteiger partial charge in [0.25, 0.3) is 0 Å². The lowest BCUT2D eigenvalue weighted by Gasteiger charge is -2.40. The van der Waals surface area contributed by atoms with Crippen LogP contribution in [0.25, 0.3) is 10.9 Å². The van der Waals surface area contributed by atoms with Crippen LogP contribution in [0.4, 0.5) is 0 Å². The molecule has 0 saturated carbocycles. The lowest BCUT2D eigenvalue weighted by Crippen LogP contribution is -2.52. The van der Waals surface area contributed by atoms with Crippen molar-refractivity contribution < 1.29 is 8.42 Å². The molecule has 1 saturated heterocycles. The molecule has 2 heterocycles. The fourth-order valence-electron chi connectivity index (χ4n) is 4.38. The van der Waals surface area contributed by atoms with Crippen molar-refractivity contribution in [3.8, 4) is 6.07 Å². The van der Waals surface area contributed by atoms with E-state index in [2.05, 4.69) is 11.1 Å². The lowest BCUT2D eigenvalue weighted by molar-refractivity contribution is 0.162. The minimum atomic E-state index is -3.52. The number of hydrogen-bond acceptors (Lipinski definition) is 4. The standard InChI is InChI=1S/C22H23N3O2S/c1-25-12-11-22(28(26,27)17-7-3-2-4-8-17)19(21(25)14-23)13-16-15-24-20-10-6-5-9-18(16)20/h2-10,15,19,21-22,24H,11-13H2,1H3/t19-,21-,22+/m0/s1. The first-order valence-corrected chi connectivity index (χ1v) is 11.0. The summed E-state index contributed by atoms with van der Waals surface area (Å²) in [6.45, 7) is 0.597. The first kappa shape index (κ1) is 18.7. The molecule has 144 valence electrons. The summed E-state index contributed by atoms with van der Waals surface area (Å²) >= 11 is 0. The largest absolute Gasteiger partial charge is 0.361 e. The Balaban J connectivity index is 1.76. The van der Waals surface area contributed by atoms with Crippen LogP contribution in [0, 0.1) is 17.2 Å². The molecule has 1 aromatic heterocycles. The highest BCUT2D eigenvalue weighted by atomic mass is 32.2. The zero-order valence-electron chi connectivity index (χ0n) is 15.7. The average molecular weight is 394 g/mol. The Kier molecular flexibility index (Phi) is 4.96. The molecule has 1 aliphatic rings. The highest BCUT2D eigenvalue weighted by molar-refractivity contribution is 7.92. The zero-order valence-corrected chi connectivity index (χ0v) is 16.6. The molecule has 0 aliphatic carbocycles. The van der Waals surface area contributed by atoms with Crippen molar-refractivity contribution >= 4 is 20.7 Å². The van der Waals surface area contributed by atoms with Crippen LogP contribution in [-0.2, 0) is 16.3 Å². The number of fused-ring (bicyclic) bond motifs is 1. The van der Waals surface area contributed by atoms with Crippen molar-refractivity contribution in [2.45, 2.75) is 29.0 Å². The summed E-state index contributed by atoms with van der Waals surface area (Å²) < 4.78 is 26.8. The number of piperidine rings is 1. The van der Waals surface area contributed by atoms with Crippen LogP contribution in [0.2, 0.25) is 0 Å². The van der Waals surface area contributed by atoms with Crippen LogP contribution in [0.3, 0.4) is 0 Å². The van der Waals surface area contributed by atoms with Crippen LogP contribution in [0.5, 0.6) is 0 Å². The SMILES string of the molecule is CN1CC[C@@H](S(=O)(=O)c2ccccc2)[C@@H](Cc2c[nH]c3ccccc23)[C@@H]1C#N. The third kappa shape index (κ3) is 3.21. The molecule has 0 unspecified atom stereocenters. The average Bonchev–Trinajstić information content (AvgIpc) is 3.12. The second kappa shape index (κ2) is 7.42. The van der Waals surface area contributed by atoms with Crippen molar-refractivity contribution in [2.24, 2.45) is 5.92 Å². The van der Waals surface area contributed by atoms with Gasteiger partial charge >= 0.3 is 0 Å². The number of sulfone groups is 1. The van der Waals surface area contributed by atoms with Crippen LogP contribution in [-0.4, -0.2) is 43.2 Å². The number of para-hydroxylation sites is 1. The predicted molar refractivity (Wildman–Crippen MR) is 110 cm³/mol. The van der Waals surface area contributed by atoms with Gasteiger partial charge in [-0.15, -0.1) is 0 Å². The lowest BCUT2D eigenvalue weighted by atomic mass is 9.84. The van der Waals surface area contributed by atoms with Crippen molar-refractivity contribution in [3.63, 3.8) is 0 Å². The molecule has 5 nitrogen and oxygen atoms in total. The van der Waals surface area contributed by atoms with E-state index in [0.29, 0.717) is 24.3 Å². The molecule has 3 atom stereocenters. The number of aromatic nitrogens is 1. The van der Waals surface area contributed by atoms with Crippen LogP contribution in [0.15, 0.2) is 65.7 Å². The van der Waals surface area contributed by atoms with Gasteiger partial charge in [0.2, 0.25) is 0 Å². The summed E-state index contributed by atoms with van der Waals surface area (Å²) in [5, 5.41) is 10.3. The number of aromatic amines is 1. The summed E-state index contributed by atoms with van der Waals surface area (Å²) in [6.07, 6.45) is 3.02. The summed E-state index contributed by atoms with van der Waals surface area (Å²) in [4.78, 5) is 5.58. The van der Waals surface area contributed by atoms with Crippen molar-refractivity contribution in [1.82, 2.24) is 9.88 Å². The molecule has 3 aromatic rings. The summed E-state index contributed by atoms with van der Waals surface area (Å²) in [5.74, 6) is -0.298. The van der Waals surface area contributed by atoms with E-state index in [4.69, 9.17) is 0 Å². The Morgan fingerprint density at radius 1 is 1.14 bits per heavy atom. The number of likely N-dealkylation sites (tertiary alicyclic amines) is 1. The third-order valence-corrected chi connectivity index (χ3v) is 8.17. The van der Waals surface area contributed by atoms with Crippen LogP contribution in [0.1, 0.15) is 12.0 Å². The van der Waals surface area contributed by atoms with E-state index in [1.165, 1.54) is 0 Å². The van der Waals surface area contributed by atoms with Gasteiger partial charge in [-0.05, 0) is 43.7 Å². The van der Waals surface area contributed by atoms with Gasteiger partial charge < -0.3 is 4.98 Å². The molecule has 0 radical (unpaired) electrons. The number of hydrogen-bond donors (Lipinski definition) is 1. The maximum Gasteiger partial charge on any atom is 0.181 e. The molecular weight excluding hydrogens is 370 g/mol. The Labute approximate surface area is 165 Å². The van der Waals surface area contributed by atoms with Gasteiger partial charge in [-0.2, -0.15) is 5.26 Å². The number of nitrogens with one attached hydrogen (secondary N) is 1. The van der Waals surface area contributed by atoms with Gasteiger partial charge in [0.1, 0.15) is 6.04 Å². The summed E-state index contributed by atoms with van der Waals surface area (Å²) in [5.41, 5.74) is 2.09. The number of benzene rings is 2. The van der Waals surface area contributed by atoms with Crippen LogP contribution < -0.4 is 0 Å². The van der Waals surface area contributed by atoms with Gasteiger partial charge in [-0.3, -0.25) is 4.90 Å². The Hall–Kier alpha value is -2.62. The van der Waals surface area contributed by atoms with E-state index in [-0.39, 0.29) is 5.92 Å². The number of nitrogens with zero attached hydrogens (tertiary/aromatic N) is 2. The molecule has 0 bridgehead atoms. The molecular formula is C22H23N3O2S. The molecule has 0 amide bonds. The molecule has 2 aromatic carbocycles. The Morgan fingerprint density at radius 2 is 1.86 bits per heavy atom. The number of H-pyrrole nitrogens is 1. The predicted octanol–water partition coefficient (Wildman–Crippen LogP) is 3.40. The van der Waals surface area contributed by atoms with E-state index >= 15 is 0 Å². The van der Waals surface area contributed by atoms with Gasteiger partial charge in [-0.25, -0.2) is 8.42 Å². The molecule has 6 heteroatoms. The quantitative estimate of drug-likeness (QED) is 0.737. The molecule has 1 fully saturated rings. The van der Waals surface area contributed by atoms with E-state index < -0.39 is 21.1 Å². The van der Waals surface area contributed by atoms with Crippen molar-refractivity contribution in [1.29, 1.82) is 5.26 Å². The van der Waals surface area contributed by atoms with Crippen LogP contribution >= 0.6 is 0 Å². The zero-order chi connectivity index (χ0) is 19.7. The maximum atomic E-state index is 13.4. The molecule has 4 rings (SSSR count). The molecule has 1 aliphatic heterocycles. The van der Waals surface area contributed by atoms with E-state index in [1.807, 2.05) is 48.5 Å². The smallest absolute Gasteiger partial charge is 0.181 e. The van der Waals surface area contributed by atoms with Gasteiger partial charge in [0.05, 0.1) is 16.2 Å². The summed E-state index contributed by atoms with van der Waals surface area (Å²) in [7, 11) is -1.62. The highest BCUT2D eigenvalue weighted by Crippen LogP contribution is 2.35. The van der Waals surface area contributed by atoms with Gasteiger partial charge in [0.15, 0.2) is 9.84 Å². The van der Waals surface area contributed by atoms with Crippen molar-refractivity contribution in [3.05, 3.63) is 66.4 Å². The fraction of sp³-hybridized carbons (Fsp3) is 0.318.